The molecule has 0 spiro atoms. The first kappa shape index (κ1) is 19.5. The molecule has 1 atom stereocenters. The maximum atomic E-state index is 12.9. The van der Waals surface area contributed by atoms with Crippen molar-refractivity contribution in [2.75, 3.05) is 20.8 Å². The molecule has 0 radical (unpaired) electrons. The van der Waals surface area contributed by atoms with Crippen LogP contribution in [-0.2, 0) is 11.3 Å². The fourth-order valence-electron chi connectivity index (χ4n) is 3.26. The second-order valence-corrected chi connectivity index (χ2v) is 6.91. The van der Waals surface area contributed by atoms with E-state index in [1.165, 1.54) is 6.20 Å². The smallest absolute Gasteiger partial charge is 0.287 e. The second kappa shape index (κ2) is 8.19. The Hall–Kier alpha value is -2.25. The van der Waals surface area contributed by atoms with Crippen LogP contribution in [0.5, 0.6) is 11.5 Å². The van der Waals surface area contributed by atoms with E-state index in [1.807, 2.05) is 18.2 Å². The number of ether oxygens (including phenoxy) is 2. The molecular formula is C18H19Cl2N3O4. The lowest BCUT2D eigenvalue weighted by Gasteiger charge is -2.26. The first-order valence-corrected chi connectivity index (χ1v) is 9.14. The number of carbonyl (C=O) groups excluding carboxylic acids is 1. The number of benzene rings is 1. The first-order chi connectivity index (χ1) is 13.0. The normalized spacial score (nSPS) is 16.4. The average Bonchev–Trinajstić information content (AvgIpc) is 3.17. The number of hydrogen-bond acceptors (Lipinski definition) is 5. The Bertz CT molecular complexity index is 916. The highest BCUT2D eigenvalue weighted by Gasteiger charge is 2.32. The van der Waals surface area contributed by atoms with Crippen molar-refractivity contribution in [1.29, 1.82) is 0 Å². The highest BCUT2D eigenvalue weighted by atomic mass is 35.5. The summed E-state index contributed by atoms with van der Waals surface area (Å²) in [4.78, 5) is 26.8. The van der Waals surface area contributed by atoms with Crippen molar-refractivity contribution in [1.82, 2.24) is 14.7 Å². The molecule has 1 aliphatic rings. The molecule has 1 fully saturated rings. The second-order valence-electron chi connectivity index (χ2n) is 6.12. The minimum Gasteiger partial charge on any atom is -0.497 e. The molecule has 0 saturated carbocycles. The van der Waals surface area contributed by atoms with E-state index in [-0.39, 0.29) is 28.5 Å². The summed E-state index contributed by atoms with van der Waals surface area (Å²) in [6, 6.07) is 5.34. The van der Waals surface area contributed by atoms with Crippen LogP contribution in [-0.4, -0.2) is 41.4 Å². The van der Waals surface area contributed by atoms with Gasteiger partial charge in [-0.2, -0.15) is 5.10 Å². The molecule has 1 aliphatic heterocycles. The van der Waals surface area contributed by atoms with E-state index in [1.54, 1.807) is 19.1 Å². The molecule has 0 unspecified atom stereocenters. The zero-order valence-corrected chi connectivity index (χ0v) is 16.5. The van der Waals surface area contributed by atoms with Gasteiger partial charge in [0.05, 0.1) is 31.5 Å². The fraction of sp³-hybridized carbons (Fsp3) is 0.389. The van der Waals surface area contributed by atoms with Gasteiger partial charge in [-0.15, -0.1) is 0 Å². The zero-order chi connectivity index (χ0) is 19.6. The van der Waals surface area contributed by atoms with E-state index >= 15 is 0 Å². The number of likely N-dealkylation sites (tertiary alicyclic amines) is 1. The van der Waals surface area contributed by atoms with Crippen molar-refractivity contribution < 1.29 is 14.3 Å². The summed E-state index contributed by atoms with van der Waals surface area (Å²) >= 11 is 11.6. The SMILES string of the molecule is COc1ccc(OC)c([C@@H]2CCCN2C(=O)Cn2ncc(Cl)c(Cl)c2=O)c1. The van der Waals surface area contributed by atoms with Crippen LogP contribution in [0.2, 0.25) is 10.0 Å². The largest absolute Gasteiger partial charge is 0.497 e. The molecule has 27 heavy (non-hydrogen) atoms. The van der Waals surface area contributed by atoms with E-state index < -0.39 is 5.56 Å². The monoisotopic (exact) mass is 411 g/mol. The summed E-state index contributed by atoms with van der Waals surface area (Å²) in [5, 5.41) is 3.82. The van der Waals surface area contributed by atoms with Gasteiger partial charge in [-0.05, 0) is 31.0 Å². The Balaban J connectivity index is 1.88. The van der Waals surface area contributed by atoms with Crippen molar-refractivity contribution in [3.63, 3.8) is 0 Å². The lowest BCUT2D eigenvalue weighted by atomic mass is 10.0. The van der Waals surface area contributed by atoms with Crippen LogP contribution >= 0.6 is 23.2 Å². The van der Waals surface area contributed by atoms with Gasteiger partial charge in [0.2, 0.25) is 5.91 Å². The fourth-order valence-corrected chi connectivity index (χ4v) is 3.54. The molecule has 1 saturated heterocycles. The topological polar surface area (TPSA) is 73.7 Å². The Morgan fingerprint density at radius 2 is 2.07 bits per heavy atom. The summed E-state index contributed by atoms with van der Waals surface area (Å²) in [7, 11) is 3.18. The van der Waals surface area contributed by atoms with Gasteiger partial charge in [0.15, 0.2) is 0 Å². The number of nitrogens with zero attached hydrogens (tertiary/aromatic N) is 3. The number of methoxy groups -OCH3 is 2. The lowest BCUT2D eigenvalue weighted by Crippen LogP contribution is -2.37. The molecule has 1 aromatic carbocycles. The molecule has 7 nitrogen and oxygen atoms in total. The lowest BCUT2D eigenvalue weighted by molar-refractivity contribution is -0.133. The van der Waals surface area contributed by atoms with Gasteiger partial charge in [0, 0.05) is 12.1 Å². The summed E-state index contributed by atoms with van der Waals surface area (Å²) in [5.74, 6) is 1.15. The van der Waals surface area contributed by atoms with E-state index in [0.717, 1.165) is 23.1 Å². The van der Waals surface area contributed by atoms with E-state index in [9.17, 15) is 9.59 Å². The first-order valence-electron chi connectivity index (χ1n) is 8.38. The predicted molar refractivity (Wildman–Crippen MR) is 102 cm³/mol. The van der Waals surface area contributed by atoms with Crippen molar-refractivity contribution in [2.24, 2.45) is 0 Å². The van der Waals surface area contributed by atoms with Crippen LogP contribution < -0.4 is 15.0 Å². The third kappa shape index (κ3) is 3.89. The average molecular weight is 412 g/mol. The molecule has 2 aromatic rings. The van der Waals surface area contributed by atoms with Gasteiger partial charge in [0.1, 0.15) is 23.1 Å². The predicted octanol–water partition coefficient (Wildman–Crippen LogP) is 2.93. The molecule has 0 N–H and O–H groups in total. The van der Waals surface area contributed by atoms with Gasteiger partial charge in [-0.3, -0.25) is 9.59 Å². The summed E-state index contributed by atoms with van der Waals surface area (Å²) < 4.78 is 11.8. The Kier molecular flexibility index (Phi) is 5.92. The number of rotatable bonds is 5. The molecule has 0 bridgehead atoms. The molecule has 9 heteroatoms. The van der Waals surface area contributed by atoms with E-state index in [4.69, 9.17) is 32.7 Å². The molecule has 2 heterocycles. The zero-order valence-electron chi connectivity index (χ0n) is 14.9. The highest BCUT2D eigenvalue weighted by Crippen LogP contribution is 2.39. The maximum Gasteiger partial charge on any atom is 0.287 e. The van der Waals surface area contributed by atoms with E-state index in [0.29, 0.717) is 18.0 Å². The van der Waals surface area contributed by atoms with Crippen molar-refractivity contribution >= 4 is 29.1 Å². The van der Waals surface area contributed by atoms with Gasteiger partial charge in [-0.25, -0.2) is 4.68 Å². The van der Waals surface area contributed by atoms with Gasteiger partial charge in [0.25, 0.3) is 5.56 Å². The minimum atomic E-state index is -0.591. The van der Waals surface area contributed by atoms with Crippen LogP contribution in [0.4, 0.5) is 0 Å². The molecule has 1 amide bonds. The van der Waals surface area contributed by atoms with Crippen LogP contribution in [0.25, 0.3) is 0 Å². The third-order valence-corrected chi connectivity index (χ3v) is 5.34. The molecule has 1 aromatic heterocycles. The molecule has 144 valence electrons. The standard InChI is InChI=1S/C18H19Cl2N3O4/c1-26-11-5-6-15(27-2)12(8-11)14-4-3-7-22(14)16(24)10-23-18(25)17(20)13(19)9-21-23/h5-6,8-9,14H,3-4,7,10H2,1-2H3/t14-/m0/s1. The maximum absolute atomic E-state index is 12.9. The quantitative estimate of drug-likeness (QED) is 0.755. The summed E-state index contributed by atoms with van der Waals surface area (Å²) in [6.07, 6.45) is 2.89. The molecular weight excluding hydrogens is 393 g/mol. The highest BCUT2D eigenvalue weighted by molar-refractivity contribution is 6.41. The third-order valence-electron chi connectivity index (χ3n) is 4.60. The number of aromatic nitrogens is 2. The van der Waals surface area contributed by atoms with Crippen LogP contribution in [0.1, 0.15) is 24.4 Å². The van der Waals surface area contributed by atoms with Crippen LogP contribution in [0.3, 0.4) is 0 Å². The van der Waals surface area contributed by atoms with Gasteiger partial charge < -0.3 is 14.4 Å². The van der Waals surface area contributed by atoms with Crippen LogP contribution in [0, 0.1) is 0 Å². The van der Waals surface area contributed by atoms with E-state index in [2.05, 4.69) is 5.10 Å². The number of hydrogen-bond donors (Lipinski definition) is 0. The number of halogens is 2. The number of carbonyl (C=O) groups is 1. The van der Waals surface area contributed by atoms with Gasteiger partial charge in [-0.1, -0.05) is 23.2 Å². The summed E-state index contributed by atoms with van der Waals surface area (Å²) in [6.45, 7) is 0.373. The minimum absolute atomic E-state index is 0.0607. The Morgan fingerprint density at radius 1 is 1.30 bits per heavy atom. The Morgan fingerprint density at radius 3 is 2.78 bits per heavy atom. The Labute approximate surface area is 166 Å². The molecule has 0 aliphatic carbocycles. The number of amides is 1. The van der Waals surface area contributed by atoms with Gasteiger partial charge >= 0.3 is 0 Å². The van der Waals surface area contributed by atoms with Crippen molar-refractivity contribution in [3.8, 4) is 11.5 Å². The van der Waals surface area contributed by atoms with Crippen molar-refractivity contribution in [2.45, 2.75) is 25.4 Å². The van der Waals surface area contributed by atoms with Crippen LogP contribution in [0.15, 0.2) is 29.2 Å². The van der Waals surface area contributed by atoms with Crippen molar-refractivity contribution in [3.05, 3.63) is 50.4 Å². The summed E-state index contributed by atoms with van der Waals surface area (Å²) in [5.41, 5.74) is 0.282. The molecule has 3 rings (SSSR count).